The molecule has 4 aliphatic rings. The number of aromatic nitrogens is 1. The van der Waals surface area contributed by atoms with Crippen molar-refractivity contribution in [1.82, 2.24) is 30.7 Å². The number of aliphatic imine (C=N–C) groups is 1. The fourth-order valence-corrected chi connectivity index (χ4v) is 7.84. The third-order valence-corrected chi connectivity index (χ3v) is 10.8. The SMILES string of the molecule is CC(C)OC1=CC2=NC([C@H](Cc3ccccc3)NC(=O)CN3CCC(c4ccc(C5CCC(=O)NC5=O)cc4)CC3)CN2C=C1NC(=O)c1cccc(C(F)(F)F)n1. The third-order valence-electron chi connectivity index (χ3n) is 10.8. The van der Waals surface area contributed by atoms with Crippen LogP contribution in [0.3, 0.4) is 0 Å². The van der Waals surface area contributed by atoms with Gasteiger partial charge in [0.25, 0.3) is 5.91 Å². The molecule has 58 heavy (non-hydrogen) atoms. The zero-order chi connectivity index (χ0) is 41.0. The van der Waals surface area contributed by atoms with Crippen molar-refractivity contribution in [2.24, 2.45) is 4.99 Å². The van der Waals surface area contributed by atoms with Gasteiger partial charge in [0.15, 0.2) is 0 Å². The molecule has 304 valence electrons. The van der Waals surface area contributed by atoms with E-state index in [-0.39, 0.29) is 54.1 Å². The zero-order valence-corrected chi connectivity index (χ0v) is 32.3. The molecule has 0 saturated carbocycles. The molecule has 2 fully saturated rings. The second-order valence-electron chi connectivity index (χ2n) is 15.4. The van der Waals surface area contributed by atoms with E-state index in [0.717, 1.165) is 49.2 Å². The molecular weight excluding hydrogens is 752 g/mol. The average molecular weight is 798 g/mol. The van der Waals surface area contributed by atoms with Crippen LogP contribution in [0.1, 0.15) is 84.2 Å². The lowest BCUT2D eigenvalue weighted by Crippen LogP contribution is -2.49. The molecule has 15 heteroatoms. The summed E-state index contributed by atoms with van der Waals surface area (Å²) in [5.74, 6) is -0.545. The molecule has 4 aliphatic heterocycles. The lowest BCUT2D eigenvalue weighted by molar-refractivity contribution is -0.141. The monoisotopic (exact) mass is 797 g/mol. The van der Waals surface area contributed by atoms with Crippen LogP contribution in [0.15, 0.2) is 102 Å². The van der Waals surface area contributed by atoms with Crippen molar-refractivity contribution in [3.8, 4) is 0 Å². The van der Waals surface area contributed by atoms with Gasteiger partial charge >= 0.3 is 6.18 Å². The maximum atomic E-state index is 13.7. The lowest BCUT2D eigenvalue weighted by atomic mass is 9.86. The van der Waals surface area contributed by atoms with Crippen molar-refractivity contribution in [2.75, 3.05) is 26.2 Å². The molecule has 1 aromatic heterocycles. The van der Waals surface area contributed by atoms with Crippen LogP contribution in [0.25, 0.3) is 0 Å². The number of benzene rings is 2. The van der Waals surface area contributed by atoms with E-state index in [4.69, 9.17) is 9.73 Å². The molecule has 0 spiro atoms. The minimum atomic E-state index is -4.71. The first kappa shape index (κ1) is 40.4. The second kappa shape index (κ2) is 17.3. The predicted octanol–water partition coefficient (Wildman–Crippen LogP) is 5.20. The number of carbonyl (C=O) groups excluding carboxylic acids is 4. The quantitative estimate of drug-likeness (QED) is 0.212. The number of ether oxygens (including phenoxy) is 1. The number of hydrogen-bond acceptors (Lipinski definition) is 9. The fraction of sp³-hybridized carbons (Fsp3) is 0.395. The summed E-state index contributed by atoms with van der Waals surface area (Å²) in [5.41, 5.74) is 1.81. The lowest BCUT2D eigenvalue weighted by Gasteiger charge is -2.32. The molecule has 4 amide bonds. The number of imide groups is 1. The highest BCUT2D eigenvalue weighted by molar-refractivity contribution is 6.01. The number of rotatable bonds is 12. The summed E-state index contributed by atoms with van der Waals surface area (Å²) >= 11 is 0. The first-order valence-corrected chi connectivity index (χ1v) is 19.6. The maximum absolute atomic E-state index is 13.7. The van der Waals surface area contributed by atoms with Gasteiger partial charge in [0.05, 0.1) is 30.7 Å². The van der Waals surface area contributed by atoms with Crippen molar-refractivity contribution >= 4 is 29.5 Å². The van der Waals surface area contributed by atoms with Crippen LogP contribution < -0.4 is 16.0 Å². The minimum Gasteiger partial charge on any atom is -0.489 e. The van der Waals surface area contributed by atoms with Gasteiger partial charge in [0, 0.05) is 25.2 Å². The standard InChI is InChI=1S/C43H46F3N7O5/c1-26(2)58-36-22-38-48-34(23-53(38)24-35(36)50-42(57)32-9-6-10-37(47-32)43(44,45)46)33(21-27-7-4-3-5-8-27)49-40(55)25-52-19-17-29(18-20-52)28-11-13-30(14-12-28)31-15-16-39(54)51-41(31)56/h3-14,22,24,26,29,31,33-34H,15-21,23,25H2,1-2H3,(H,49,55)(H,50,57)(H,51,54,56)/t31?,33-,34?/m0/s1. The van der Waals surface area contributed by atoms with Crippen LogP contribution in [0.5, 0.6) is 0 Å². The summed E-state index contributed by atoms with van der Waals surface area (Å²) in [6.07, 6.45) is 1.47. The van der Waals surface area contributed by atoms with Crippen LogP contribution in [0.2, 0.25) is 0 Å². The molecule has 3 N–H and O–H groups in total. The zero-order valence-electron chi connectivity index (χ0n) is 32.3. The minimum absolute atomic E-state index is 0.116. The van der Waals surface area contributed by atoms with Gasteiger partial charge in [-0.2, -0.15) is 13.2 Å². The van der Waals surface area contributed by atoms with Crippen molar-refractivity contribution in [3.05, 3.63) is 125 Å². The number of amides is 4. The largest absolute Gasteiger partial charge is 0.489 e. The van der Waals surface area contributed by atoms with Crippen LogP contribution in [-0.4, -0.2) is 88.6 Å². The van der Waals surface area contributed by atoms with E-state index in [0.29, 0.717) is 43.3 Å². The number of likely N-dealkylation sites (tertiary alicyclic amines) is 1. The Labute approximate surface area is 334 Å². The molecule has 3 aromatic rings. The van der Waals surface area contributed by atoms with Gasteiger partial charge in [-0.15, -0.1) is 0 Å². The molecule has 5 heterocycles. The number of pyridine rings is 1. The summed E-state index contributed by atoms with van der Waals surface area (Å²) in [5, 5.41) is 8.37. The molecular formula is C43H46F3N7O5. The Hall–Kier alpha value is -5.83. The van der Waals surface area contributed by atoms with Crippen molar-refractivity contribution in [2.45, 2.75) is 82.2 Å². The maximum Gasteiger partial charge on any atom is 0.433 e. The molecule has 2 saturated heterocycles. The first-order chi connectivity index (χ1) is 27.8. The van der Waals surface area contributed by atoms with Gasteiger partial charge in [-0.25, -0.2) is 4.98 Å². The van der Waals surface area contributed by atoms with E-state index in [1.54, 1.807) is 12.3 Å². The van der Waals surface area contributed by atoms with Gasteiger partial charge in [-0.1, -0.05) is 60.7 Å². The molecule has 2 unspecified atom stereocenters. The van der Waals surface area contributed by atoms with E-state index in [2.05, 4.69) is 38.0 Å². The number of alkyl halides is 3. The Morgan fingerprint density at radius 1 is 0.948 bits per heavy atom. The van der Waals surface area contributed by atoms with Crippen molar-refractivity contribution in [3.63, 3.8) is 0 Å². The number of piperidine rings is 2. The molecule has 0 radical (unpaired) electrons. The Kier molecular flexibility index (Phi) is 12.1. The Morgan fingerprint density at radius 2 is 1.67 bits per heavy atom. The van der Waals surface area contributed by atoms with Gasteiger partial charge in [0.1, 0.15) is 28.7 Å². The van der Waals surface area contributed by atoms with Crippen molar-refractivity contribution < 1.29 is 37.1 Å². The highest BCUT2D eigenvalue weighted by Gasteiger charge is 2.36. The predicted molar refractivity (Wildman–Crippen MR) is 209 cm³/mol. The number of fused-ring (bicyclic) bond motifs is 1. The number of nitrogens with zero attached hydrogens (tertiary/aromatic N) is 4. The molecule has 12 nitrogen and oxygen atoms in total. The topological polar surface area (TPSA) is 145 Å². The van der Waals surface area contributed by atoms with E-state index >= 15 is 0 Å². The van der Waals surface area contributed by atoms with E-state index < -0.39 is 23.5 Å². The van der Waals surface area contributed by atoms with Crippen molar-refractivity contribution in [1.29, 1.82) is 0 Å². The summed E-state index contributed by atoms with van der Waals surface area (Å²) < 4.78 is 46.0. The van der Waals surface area contributed by atoms with E-state index in [1.165, 1.54) is 11.6 Å². The van der Waals surface area contributed by atoms with E-state index in [9.17, 15) is 32.3 Å². The third kappa shape index (κ3) is 9.81. The number of carbonyl (C=O) groups is 4. The van der Waals surface area contributed by atoms with Gasteiger partial charge in [-0.3, -0.25) is 34.4 Å². The Morgan fingerprint density at radius 3 is 2.36 bits per heavy atom. The summed E-state index contributed by atoms with van der Waals surface area (Å²) in [6.45, 7) is 5.72. The van der Waals surface area contributed by atoms with Crippen LogP contribution in [0, 0.1) is 0 Å². The molecule has 7 rings (SSSR count). The second-order valence-corrected chi connectivity index (χ2v) is 15.4. The smallest absolute Gasteiger partial charge is 0.433 e. The summed E-state index contributed by atoms with van der Waals surface area (Å²) in [6, 6.07) is 20.3. The fourth-order valence-electron chi connectivity index (χ4n) is 7.84. The number of amidine groups is 1. The number of nitrogens with one attached hydrogen (secondary N) is 3. The van der Waals surface area contributed by atoms with Crippen LogP contribution >= 0.6 is 0 Å². The first-order valence-electron chi connectivity index (χ1n) is 19.6. The summed E-state index contributed by atoms with van der Waals surface area (Å²) in [4.78, 5) is 63.3. The van der Waals surface area contributed by atoms with Gasteiger partial charge < -0.3 is 20.3 Å². The average Bonchev–Trinajstić information content (AvgIpc) is 3.61. The number of halogens is 3. The molecule has 0 aliphatic carbocycles. The molecule has 3 atom stereocenters. The van der Waals surface area contributed by atoms with Gasteiger partial charge in [-0.05, 0) is 87.4 Å². The Balaban J connectivity index is 0.996. The van der Waals surface area contributed by atoms with Crippen LogP contribution in [0.4, 0.5) is 13.2 Å². The Bertz CT molecular complexity index is 2110. The van der Waals surface area contributed by atoms with Crippen LogP contribution in [-0.2, 0) is 31.7 Å². The summed E-state index contributed by atoms with van der Waals surface area (Å²) in [7, 11) is 0. The number of hydrogen-bond donors (Lipinski definition) is 3. The molecule has 2 aromatic carbocycles. The van der Waals surface area contributed by atoms with E-state index in [1.807, 2.05) is 61.2 Å². The highest BCUT2D eigenvalue weighted by atomic mass is 19.4. The molecule has 0 bridgehead atoms. The highest BCUT2D eigenvalue weighted by Crippen LogP contribution is 2.32. The normalized spacial score (nSPS) is 20.7. The van der Waals surface area contributed by atoms with Gasteiger partial charge in [0.2, 0.25) is 17.7 Å².